The van der Waals surface area contributed by atoms with E-state index in [0.717, 1.165) is 19.5 Å². The van der Waals surface area contributed by atoms with Crippen LogP contribution in [0.5, 0.6) is 5.75 Å². The van der Waals surface area contributed by atoms with Gasteiger partial charge in [-0.15, -0.1) is 6.42 Å². The zero-order valence-corrected chi connectivity index (χ0v) is 20.0. The quantitative estimate of drug-likeness (QED) is 0.366. The summed E-state index contributed by atoms with van der Waals surface area (Å²) in [7, 11) is 1.36. The number of halogens is 2. The van der Waals surface area contributed by atoms with Gasteiger partial charge < -0.3 is 15.4 Å². The molecule has 2 amide bonds. The Bertz CT molecular complexity index is 1380. The zero-order valence-electron chi connectivity index (χ0n) is 19.2. The standard InChI is InChI=1S/C26H21ClFN5O3/c1-3-16-6-8-23(29-14-16)31-26(35)20-12-18(27)13-22(36-2)24(20)32-25(34)19-7-5-17(11-21(19)28)15-30-33-9-4-10-33/h1,5-8,11-15H,4,9-10H2,2H3,(H,32,34)(H,29,31,35). The van der Waals surface area contributed by atoms with Crippen LogP contribution < -0.4 is 15.4 Å². The van der Waals surface area contributed by atoms with Gasteiger partial charge in [0.25, 0.3) is 11.8 Å². The molecule has 1 fully saturated rings. The first-order valence-corrected chi connectivity index (χ1v) is 11.3. The van der Waals surface area contributed by atoms with E-state index in [0.29, 0.717) is 11.1 Å². The Morgan fingerprint density at radius 2 is 1.94 bits per heavy atom. The maximum atomic E-state index is 14.8. The Balaban J connectivity index is 1.58. The number of hydrazone groups is 1. The SMILES string of the molecule is C#Cc1ccc(NC(=O)c2cc(Cl)cc(OC)c2NC(=O)c2ccc(C=NN3CCC3)cc2F)nc1. The van der Waals surface area contributed by atoms with Gasteiger partial charge in [0, 0.05) is 35.9 Å². The third kappa shape index (κ3) is 5.62. The number of anilines is 2. The molecule has 8 nitrogen and oxygen atoms in total. The third-order valence-electron chi connectivity index (χ3n) is 5.38. The highest BCUT2D eigenvalue weighted by atomic mass is 35.5. The lowest BCUT2D eigenvalue weighted by atomic mass is 10.1. The lowest BCUT2D eigenvalue weighted by Gasteiger charge is -2.27. The number of hydrogen-bond acceptors (Lipinski definition) is 6. The van der Waals surface area contributed by atoms with Crippen molar-refractivity contribution in [3.63, 3.8) is 0 Å². The minimum absolute atomic E-state index is 0.00534. The number of hydrogen-bond donors (Lipinski definition) is 2. The van der Waals surface area contributed by atoms with Gasteiger partial charge in [0.2, 0.25) is 0 Å². The molecular weight excluding hydrogens is 485 g/mol. The van der Waals surface area contributed by atoms with Gasteiger partial charge in [-0.05, 0) is 42.3 Å². The molecular formula is C26H21ClFN5O3. The predicted molar refractivity (Wildman–Crippen MR) is 136 cm³/mol. The molecule has 0 spiro atoms. The molecule has 182 valence electrons. The van der Waals surface area contributed by atoms with Crippen LogP contribution in [0.4, 0.5) is 15.9 Å². The number of carbonyl (C=O) groups is 2. The highest BCUT2D eigenvalue weighted by Crippen LogP contribution is 2.33. The van der Waals surface area contributed by atoms with E-state index >= 15 is 0 Å². The summed E-state index contributed by atoms with van der Waals surface area (Å²) in [5.74, 6) is 0.658. The maximum Gasteiger partial charge on any atom is 0.259 e. The molecule has 1 saturated heterocycles. The van der Waals surface area contributed by atoms with E-state index in [9.17, 15) is 14.0 Å². The van der Waals surface area contributed by atoms with E-state index in [1.807, 2.05) is 5.01 Å². The Hall–Kier alpha value is -4.42. The summed E-state index contributed by atoms with van der Waals surface area (Å²) in [5.41, 5.74) is 0.862. The number of aromatic nitrogens is 1. The van der Waals surface area contributed by atoms with E-state index < -0.39 is 17.6 Å². The number of rotatable bonds is 7. The van der Waals surface area contributed by atoms with E-state index in [2.05, 4.69) is 26.6 Å². The van der Waals surface area contributed by atoms with Crippen molar-refractivity contribution in [2.24, 2.45) is 5.10 Å². The fourth-order valence-corrected chi connectivity index (χ4v) is 3.54. The van der Waals surface area contributed by atoms with Gasteiger partial charge in [-0.3, -0.25) is 14.6 Å². The number of terminal acetylenes is 1. The third-order valence-corrected chi connectivity index (χ3v) is 5.60. The Morgan fingerprint density at radius 1 is 1.17 bits per heavy atom. The number of benzene rings is 2. The van der Waals surface area contributed by atoms with Crippen molar-refractivity contribution in [2.45, 2.75) is 6.42 Å². The molecule has 1 aromatic heterocycles. The molecule has 0 atom stereocenters. The summed E-state index contributed by atoms with van der Waals surface area (Å²) in [5, 5.41) is 11.5. The number of nitrogens with zero attached hydrogens (tertiary/aromatic N) is 3. The van der Waals surface area contributed by atoms with Crippen LogP contribution in [-0.2, 0) is 0 Å². The maximum absolute atomic E-state index is 14.8. The van der Waals surface area contributed by atoms with Crippen LogP contribution in [0.1, 0.15) is 38.3 Å². The first kappa shape index (κ1) is 24.7. The molecule has 3 aromatic rings. The fourth-order valence-electron chi connectivity index (χ4n) is 3.33. The normalized spacial score (nSPS) is 12.6. The van der Waals surface area contributed by atoms with Crippen molar-refractivity contribution in [1.29, 1.82) is 0 Å². The largest absolute Gasteiger partial charge is 0.494 e. The molecule has 2 heterocycles. The van der Waals surface area contributed by atoms with E-state index in [4.69, 9.17) is 22.8 Å². The van der Waals surface area contributed by atoms with Crippen LogP contribution in [0.15, 0.2) is 53.8 Å². The zero-order chi connectivity index (χ0) is 25.7. The molecule has 0 aliphatic carbocycles. The summed E-state index contributed by atoms with van der Waals surface area (Å²) >= 11 is 6.16. The van der Waals surface area contributed by atoms with Crippen molar-refractivity contribution < 1.29 is 18.7 Å². The van der Waals surface area contributed by atoms with E-state index in [-0.39, 0.29) is 33.4 Å². The second kappa shape index (κ2) is 10.9. The van der Waals surface area contributed by atoms with E-state index in [1.165, 1.54) is 43.6 Å². The molecule has 36 heavy (non-hydrogen) atoms. The van der Waals surface area contributed by atoms with Crippen molar-refractivity contribution in [2.75, 3.05) is 30.8 Å². The second-order valence-corrected chi connectivity index (χ2v) is 8.24. The average Bonchev–Trinajstić information content (AvgIpc) is 2.84. The van der Waals surface area contributed by atoms with Gasteiger partial charge in [-0.1, -0.05) is 23.6 Å². The summed E-state index contributed by atoms with van der Waals surface area (Å²) in [6, 6.07) is 10.1. The Labute approximate surface area is 212 Å². The second-order valence-electron chi connectivity index (χ2n) is 7.81. The number of carbonyl (C=O) groups excluding carboxylic acids is 2. The average molecular weight is 506 g/mol. The molecule has 1 aliphatic rings. The minimum atomic E-state index is -0.773. The van der Waals surface area contributed by atoms with Gasteiger partial charge in [0.05, 0.1) is 30.1 Å². The van der Waals surface area contributed by atoms with Crippen molar-refractivity contribution >= 4 is 41.1 Å². The Morgan fingerprint density at radius 3 is 2.56 bits per heavy atom. The van der Waals surface area contributed by atoms with Gasteiger partial charge in [-0.25, -0.2) is 9.37 Å². The van der Waals surface area contributed by atoms with Gasteiger partial charge >= 0.3 is 0 Å². The van der Waals surface area contributed by atoms with Crippen molar-refractivity contribution in [1.82, 2.24) is 9.99 Å². The highest BCUT2D eigenvalue weighted by Gasteiger charge is 2.22. The number of pyridine rings is 1. The van der Waals surface area contributed by atoms with Crippen LogP contribution in [0, 0.1) is 18.2 Å². The number of ether oxygens (including phenoxy) is 1. The first-order valence-electron chi connectivity index (χ1n) is 10.9. The minimum Gasteiger partial charge on any atom is -0.494 e. The van der Waals surface area contributed by atoms with Gasteiger partial charge in [-0.2, -0.15) is 5.10 Å². The van der Waals surface area contributed by atoms with Gasteiger partial charge in [0.1, 0.15) is 17.4 Å². The van der Waals surface area contributed by atoms with Crippen molar-refractivity contribution in [3.05, 3.63) is 81.8 Å². The molecule has 4 rings (SSSR count). The Kier molecular flexibility index (Phi) is 7.47. The lowest BCUT2D eigenvalue weighted by molar-refractivity contribution is 0.102. The summed E-state index contributed by atoms with van der Waals surface area (Å²) < 4.78 is 20.1. The van der Waals surface area contributed by atoms with Crippen LogP contribution in [0.2, 0.25) is 5.02 Å². The monoisotopic (exact) mass is 505 g/mol. The van der Waals surface area contributed by atoms with E-state index in [1.54, 1.807) is 18.3 Å². The van der Waals surface area contributed by atoms with Crippen LogP contribution in [-0.4, -0.2) is 48.2 Å². The molecule has 0 radical (unpaired) electrons. The number of methoxy groups -OCH3 is 1. The smallest absolute Gasteiger partial charge is 0.259 e. The number of amides is 2. The molecule has 1 aliphatic heterocycles. The number of nitrogens with one attached hydrogen (secondary N) is 2. The van der Waals surface area contributed by atoms with Gasteiger partial charge in [0.15, 0.2) is 0 Å². The van der Waals surface area contributed by atoms with Crippen LogP contribution >= 0.6 is 11.6 Å². The molecule has 10 heteroatoms. The molecule has 2 aromatic carbocycles. The predicted octanol–water partition coefficient (Wildman–Crippen LogP) is 4.41. The fraction of sp³-hybridized carbons (Fsp3) is 0.154. The first-order chi connectivity index (χ1) is 17.4. The summed E-state index contributed by atoms with van der Waals surface area (Å²) in [4.78, 5) is 30.1. The summed E-state index contributed by atoms with van der Waals surface area (Å²) in [6.07, 6.45) is 9.37. The summed E-state index contributed by atoms with van der Waals surface area (Å²) in [6.45, 7) is 1.73. The molecule has 2 N–H and O–H groups in total. The molecule has 0 bridgehead atoms. The molecule has 0 saturated carbocycles. The van der Waals surface area contributed by atoms with Crippen LogP contribution in [0.3, 0.4) is 0 Å². The molecule has 0 unspecified atom stereocenters. The topological polar surface area (TPSA) is 95.9 Å². The van der Waals surface area contributed by atoms with Crippen LogP contribution in [0.25, 0.3) is 0 Å². The van der Waals surface area contributed by atoms with Crippen molar-refractivity contribution in [3.8, 4) is 18.1 Å². The highest BCUT2D eigenvalue weighted by molar-refractivity contribution is 6.31. The lowest BCUT2D eigenvalue weighted by Crippen LogP contribution is -2.32.